The van der Waals surface area contributed by atoms with Gasteiger partial charge in [0.05, 0.1) is 9.95 Å². The Labute approximate surface area is 177 Å². The van der Waals surface area contributed by atoms with Crippen molar-refractivity contribution in [1.82, 2.24) is 16.2 Å². The molecule has 0 saturated carbocycles. The number of halogens is 2. The number of nitrogens with one attached hydrogen (secondary N) is 3. The van der Waals surface area contributed by atoms with Gasteiger partial charge in [-0.25, -0.2) is 0 Å². The van der Waals surface area contributed by atoms with E-state index in [1.54, 1.807) is 18.2 Å². The van der Waals surface area contributed by atoms with Crippen LogP contribution in [0.4, 0.5) is 5.69 Å². The zero-order valence-corrected chi connectivity index (χ0v) is 17.1. The summed E-state index contributed by atoms with van der Waals surface area (Å²) in [6, 6.07) is 10.0. The molecule has 12 heteroatoms. The first-order valence-electron chi connectivity index (χ1n) is 7.48. The van der Waals surface area contributed by atoms with Crippen LogP contribution in [0.2, 0.25) is 5.02 Å². The van der Waals surface area contributed by atoms with Gasteiger partial charge in [0.25, 0.3) is 17.5 Å². The van der Waals surface area contributed by atoms with Gasteiger partial charge in [-0.2, -0.15) is 0 Å². The van der Waals surface area contributed by atoms with Crippen molar-refractivity contribution in [1.29, 1.82) is 0 Å². The number of amides is 2. The molecule has 3 N–H and O–H groups in total. The number of rotatable bonds is 5. The van der Waals surface area contributed by atoms with E-state index in [4.69, 9.17) is 28.6 Å². The number of carbonyl (C=O) groups is 2. The number of nitro benzene ring substituents is 1. The van der Waals surface area contributed by atoms with E-state index in [0.29, 0.717) is 10.8 Å². The van der Waals surface area contributed by atoms with Crippen molar-refractivity contribution in [3.63, 3.8) is 0 Å². The summed E-state index contributed by atoms with van der Waals surface area (Å²) in [7, 11) is 0. The van der Waals surface area contributed by atoms with Crippen LogP contribution in [0.1, 0.15) is 10.4 Å². The second kappa shape index (κ2) is 9.97. The predicted molar refractivity (Wildman–Crippen MR) is 109 cm³/mol. The fourth-order valence-electron chi connectivity index (χ4n) is 1.88. The molecule has 2 amide bonds. The molecular formula is C16H12BrClN4O5S. The zero-order chi connectivity index (χ0) is 20.7. The van der Waals surface area contributed by atoms with Crippen LogP contribution in [0.5, 0.6) is 5.75 Å². The van der Waals surface area contributed by atoms with Crippen molar-refractivity contribution in [2.75, 3.05) is 6.61 Å². The van der Waals surface area contributed by atoms with Gasteiger partial charge in [-0.1, -0.05) is 33.6 Å². The van der Waals surface area contributed by atoms with Gasteiger partial charge in [0.2, 0.25) is 0 Å². The van der Waals surface area contributed by atoms with Crippen LogP contribution < -0.4 is 20.9 Å². The topological polar surface area (TPSA) is 123 Å². The second-order valence-electron chi connectivity index (χ2n) is 5.13. The Bertz CT molecular complexity index is 943. The summed E-state index contributed by atoms with van der Waals surface area (Å²) in [6.45, 7) is -0.359. The lowest BCUT2D eigenvalue weighted by atomic mass is 10.2. The van der Waals surface area contributed by atoms with Gasteiger partial charge < -0.3 is 4.74 Å². The van der Waals surface area contributed by atoms with E-state index < -0.39 is 16.7 Å². The van der Waals surface area contributed by atoms with Crippen LogP contribution >= 0.6 is 39.7 Å². The summed E-state index contributed by atoms with van der Waals surface area (Å²) in [4.78, 5) is 33.9. The monoisotopic (exact) mass is 486 g/mol. The molecule has 9 nitrogen and oxygen atoms in total. The van der Waals surface area contributed by atoms with E-state index in [1.165, 1.54) is 18.2 Å². The first-order chi connectivity index (χ1) is 13.3. The molecule has 0 aliphatic heterocycles. The van der Waals surface area contributed by atoms with Crippen LogP contribution in [0.25, 0.3) is 0 Å². The molecule has 0 saturated heterocycles. The summed E-state index contributed by atoms with van der Waals surface area (Å²) in [5.41, 5.74) is 4.36. The number of ether oxygens (including phenoxy) is 1. The minimum Gasteiger partial charge on any atom is -0.482 e. The van der Waals surface area contributed by atoms with Crippen LogP contribution in [-0.2, 0) is 4.79 Å². The van der Waals surface area contributed by atoms with Crippen LogP contribution in [0.3, 0.4) is 0 Å². The van der Waals surface area contributed by atoms with E-state index in [1.807, 2.05) is 0 Å². The van der Waals surface area contributed by atoms with Gasteiger partial charge in [-0.05, 0) is 36.5 Å². The molecule has 2 rings (SSSR count). The Morgan fingerprint density at radius 1 is 1.21 bits per heavy atom. The number of nitro groups is 1. The number of hydrazine groups is 1. The number of carbonyl (C=O) groups excluding carboxylic acids is 2. The van der Waals surface area contributed by atoms with E-state index in [-0.39, 0.29) is 23.0 Å². The lowest BCUT2D eigenvalue weighted by molar-refractivity contribution is -0.384. The first kappa shape index (κ1) is 21.5. The van der Waals surface area contributed by atoms with E-state index in [9.17, 15) is 19.7 Å². The van der Waals surface area contributed by atoms with Gasteiger partial charge in [0.1, 0.15) is 5.75 Å². The molecule has 2 aromatic rings. The van der Waals surface area contributed by atoms with Gasteiger partial charge in [0.15, 0.2) is 11.7 Å². The highest BCUT2D eigenvalue weighted by molar-refractivity contribution is 9.10. The minimum atomic E-state index is -0.668. The summed E-state index contributed by atoms with van der Waals surface area (Å²) in [6.07, 6.45) is 0. The fourth-order valence-corrected chi connectivity index (χ4v) is 2.77. The van der Waals surface area contributed by atoms with Crippen molar-refractivity contribution in [2.24, 2.45) is 0 Å². The van der Waals surface area contributed by atoms with Crippen molar-refractivity contribution >= 4 is 62.4 Å². The molecule has 0 aliphatic carbocycles. The summed E-state index contributed by atoms with van der Waals surface area (Å²) in [5.74, 6) is -0.933. The molecule has 2 aromatic carbocycles. The maximum Gasteiger partial charge on any atom is 0.270 e. The predicted octanol–water partition coefficient (Wildman–Crippen LogP) is 2.73. The maximum atomic E-state index is 12.0. The first-order valence-corrected chi connectivity index (χ1v) is 9.06. The maximum absolute atomic E-state index is 12.0. The number of thiocarbonyl (C=S) groups is 1. The molecule has 146 valence electrons. The van der Waals surface area contributed by atoms with E-state index in [2.05, 4.69) is 32.1 Å². The van der Waals surface area contributed by atoms with Crippen molar-refractivity contribution in [3.05, 3.63) is 67.6 Å². The third kappa shape index (κ3) is 6.44. The summed E-state index contributed by atoms with van der Waals surface area (Å²) < 4.78 is 6.04. The molecule has 0 spiro atoms. The van der Waals surface area contributed by atoms with Gasteiger partial charge in [-0.3, -0.25) is 35.9 Å². The summed E-state index contributed by atoms with van der Waals surface area (Å²) >= 11 is 14.1. The number of hydrogen-bond acceptors (Lipinski definition) is 6. The van der Waals surface area contributed by atoms with E-state index in [0.717, 1.165) is 10.5 Å². The third-order valence-electron chi connectivity index (χ3n) is 3.11. The molecule has 28 heavy (non-hydrogen) atoms. The average Bonchev–Trinajstić information content (AvgIpc) is 2.65. The lowest BCUT2D eigenvalue weighted by Gasteiger charge is -2.12. The number of nitrogens with zero attached hydrogens (tertiary/aromatic N) is 1. The van der Waals surface area contributed by atoms with Gasteiger partial charge in [0, 0.05) is 22.2 Å². The quantitative estimate of drug-likeness (QED) is 0.337. The van der Waals surface area contributed by atoms with Crippen molar-refractivity contribution < 1.29 is 19.2 Å². The highest BCUT2D eigenvalue weighted by atomic mass is 79.9. The van der Waals surface area contributed by atoms with Crippen LogP contribution in [0, 0.1) is 10.1 Å². The fraction of sp³-hybridized carbons (Fsp3) is 0.0625. The van der Waals surface area contributed by atoms with Crippen molar-refractivity contribution in [3.8, 4) is 5.75 Å². The second-order valence-corrected chi connectivity index (χ2v) is 6.86. The molecule has 0 radical (unpaired) electrons. The molecular weight excluding hydrogens is 476 g/mol. The van der Waals surface area contributed by atoms with Gasteiger partial charge >= 0.3 is 0 Å². The van der Waals surface area contributed by atoms with Crippen LogP contribution in [-0.4, -0.2) is 28.5 Å². The molecule has 0 bridgehead atoms. The number of non-ortho nitro benzene ring substituents is 1. The van der Waals surface area contributed by atoms with E-state index >= 15 is 0 Å². The molecule has 0 aromatic heterocycles. The molecule has 0 fully saturated rings. The smallest absolute Gasteiger partial charge is 0.270 e. The number of benzene rings is 2. The third-order valence-corrected chi connectivity index (χ3v) is 4.11. The normalized spacial score (nSPS) is 9.93. The standard InChI is InChI=1S/C16H12BrClN4O5S/c17-10-4-5-13(12(18)7-10)27-8-14(23)19-16(28)21-20-15(24)9-2-1-3-11(6-9)22(25)26/h1-7H,8H2,(H,20,24)(H2,19,21,23,28). The Hall–Kier alpha value is -2.76. The van der Waals surface area contributed by atoms with Gasteiger partial charge in [-0.15, -0.1) is 0 Å². The molecule has 0 aliphatic rings. The zero-order valence-electron chi connectivity index (χ0n) is 13.9. The Kier molecular flexibility index (Phi) is 7.67. The Morgan fingerprint density at radius 2 is 1.96 bits per heavy atom. The van der Waals surface area contributed by atoms with Crippen molar-refractivity contribution in [2.45, 2.75) is 0 Å². The molecule has 0 unspecified atom stereocenters. The SMILES string of the molecule is O=C(COc1ccc(Br)cc1Cl)NC(=S)NNC(=O)c1cccc([N+](=O)[O-])c1. The highest BCUT2D eigenvalue weighted by Gasteiger charge is 2.12. The Balaban J connectivity index is 1.80. The van der Waals surface area contributed by atoms with Crippen LogP contribution in [0.15, 0.2) is 46.9 Å². The summed E-state index contributed by atoms with van der Waals surface area (Å²) in [5, 5.41) is 13.2. The lowest BCUT2D eigenvalue weighted by Crippen LogP contribution is -2.49. The molecule has 0 heterocycles. The average molecular weight is 488 g/mol. The Morgan fingerprint density at radius 3 is 2.64 bits per heavy atom. The highest BCUT2D eigenvalue weighted by Crippen LogP contribution is 2.27. The molecule has 0 atom stereocenters. The minimum absolute atomic E-state index is 0.0454. The number of hydrogen-bond donors (Lipinski definition) is 3. The largest absolute Gasteiger partial charge is 0.482 e.